The number of methoxy groups -OCH3 is 1. The van der Waals surface area contributed by atoms with E-state index in [0.29, 0.717) is 11.8 Å². The number of aryl methyl sites for hydroxylation is 2. The van der Waals surface area contributed by atoms with Crippen LogP contribution in [0.15, 0.2) is 91.5 Å². The number of allylic oxidation sites excluding steroid dienone is 1. The van der Waals surface area contributed by atoms with Crippen molar-refractivity contribution in [1.29, 1.82) is 0 Å². The SMILES string of the molecule is C=C(c1cc(C)nc(C(F)(F)F)c1)C(F)(F)F.COCN(Cc1ccccc1)C[Si](C)(C)C.Cc1cc(C2(C)CCN(Cc3ccccc3)C2)cc(C(F)(F)F)n1.O=C(O)C(F)(F)F. The first-order chi connectivity index (χ1) is 29.2. The molecule has 0 aliphatic carbocycles. The van der Waals surface area contributed by atoms with Crippen LogP contribution in [0, 0.1) is 13.8 Å². The van der Waals surface area contributed by atoms with Crippen LogP contribution in [0.3, 0.4) is 0 Å². The van der Waals surface area contributed by atoms with Gasteiger partial charge in [0.15, 0.2) is 0 Å². The number of nitrogens with zero attached hydrogens (tertiary/aromatic N) is 4. The highest BCUT2D eigenvalue weighted by Gasteiger charge is 2.40. The first kappa shape index (κ1) is 55.3. The number of carbonyl (C=O) groups is 1. The van der Waals surface area contributed by atoms with E-state index >= 15 is 0 Å². The lowest BCUT2D eigenvalue weighted by Crippen LogP contribution is -2.40. The molecule has 0 spiro atoms. The molecule has 2 aromatic heterocycles. The van der Waals surface area contributed by atoms with Gasteiger partial charge in [0.25, 0.3) is 0 Å². The summed E-state index contributed by atoms with van der Waals surface area (Å²) in [4.78, 5) is 20.4. The summed E-state index contributed by atoms with van der Waals surface area (Å²) in [7, 11) is 0.701. The van der Waals surface area contributed by atoms with Crippen molar-refractivity contribution in [3.63, 3.8) is 0 Å². The summed E-state index contributed by atoms with van der Waals surface area (Å²) in [5, 5.41) is 7.12. The van der Waals surface area contributed by atoms with Gasteiger partial charge in [0.05, 0.1) is 20.4 Å². The molecule has 4 aromatic rings. The summed E-state index contributed by atoms with van der Waals surface area (Å²) in [6.07, 6.45) is -17.0. The summed E-state index contributed by atoms with van der Waals surface area (Å²) in [5.41, 5.74) is -0.797. The Balaban J connectivity index is 0.000000314. The summed E-state index contributed by atoms with van der Waals surface area (Å²) >= 11 is 0. The Kier molecular flexibility index (Phi) is 19.8. The number of aromatic nitrogens is 2. The minimum atomic E-state index is -5.08. The average Bonchev–Trinajstić information content (AvgIpc) is 3.54. The van der Waals surface area contributed by atoms with Gasteiger partial charge < -0.3 is 9.84 Å². The molecule has 0 radical (unpaired) electrons. The second-order valence-corrected chi connectivity index (χ2v) is 21.9. The standard InChI is InChI=1S/C19H21F3N2.C13H23NOSi.C10H7F6N.C2HF3O2/c1-14-10-16(11-17(23-14)19(20,21)22)18(2)8-9-24(13-18)12-15-6-4-3-5-7-15;1-15-11-14(12-16(2,3)4)10-13-8-6-5-7-9-13;1-5-3-7(6(2)9(11,12)13)4-8(17-5)10(14,15)16;3-2(4,5)1(6)7/h3-7,10-11H,8-9,12-13H2,1-2H3;5-9H,10-12H2,1-4H3;3-4H,2H2,1H3;(H,6,7). The quantitative estimate of drug-likeness (QED) is 0.0964. The second kappa shape index (κ2) is 22.9. The number of ether oxygens (including phenoxy) is 1. The van der Waals surface area contributed by atoms with Gasteiger partial charge in [-0.3, -0.25) is 9.80 Å². The number of alkyl halides is 12. The van der Waals surface area contributed by atoms with Gasteiger partial charge >= 0.3 is 30.7 Å². The smallest absolute Gasteiger partial charge is 0.475 e. The number of rotatable bonds is 10. The molecule has 2 aromatic carbocycles. The van der Waals surface area contributed by atoms with Gasteiger partial charge in [-0.2, -0.15) is 52.7 Å². The first-order valence-electron chi connectivity index (χ1n) is 19.4. The molecule has 64 heavy (non-hydrogen) atoms. The summed E-state index contributed by atoms with van der Waals surface area (Å²) < 4.78 is 150. The topological polar surface area (TPSA) is 78.8 Å². The predicted octanol–water partition coefficient (Wildman–Crippen LogP) is 12.2. The fraction of sp³-hybridized carbons (Fsp3) is 0.432. The minimum absolute atomic E-state index is 0.153. The molecule has 1 unspecified atom stereocenters. The van der Waals surface area contributed by atoms with Crippen LogP contribution in [0.1, 0.15) is 58.4 Å². The van der Waals surface area contributed by atoms with E-state index in [0.717, 1.165) is 51.0 Å². The number of aliphatic carboxylic acids is 1. The zero-order chi connectivity index (χ0) is 48.9. The first-order valence-corrected chi connectivity index (χ1v) is 23.1. The van der Waals surface area contributed by atoms with Crippen LogP contribution in [0.25, 0.3) is 5.57 Å². The van der Waals surface area contributed by atoms with Crippen molar-refractivity contribution < 1.29 is 67.3 Å². The predicted molar refractivity (Wildman–Crippen MR) is 222 cm³/mol. The molecule has 0 amide bonds. The van der Waals surface area contributed by atoms with Gasteiger partial charge in [-0.1, -0.05) is 93.8 Å². The maximum atomic E-state index is 13.1. The number of carboxylic acid groups (broad SMARTS) is 1. The Morgan fingerprint density at radius 3 is 1.69 bits per heavy atom. The lowest BCUT2D eigenvalue weighted by atomic mass is 9.81. The van der Waals surface area contributed by atoms with Gasteiger partial charge in [-0.25, -0.2) is 14.8 Å². The van der Waals surface area contributed by atoms with Crippen molar-refractivity contribution in [3.8, 4) is 0 Å². The van der Waals surface area contributed by atoms with Gasteiger partial charge in [0, 0.05) is 43.5 Å². The van der Waals surface area contributed by atoms with Gasteiger partial charge in [-0.15, -0.1) is 0 Å². The van der Waals surface area contributed by atoms with Crippen LogP contribution in [-0.4, -0.2) is 84.4 Å². The van der Waals surface area contributed by atoms with E-state index in [1.165, 1.54) is 30.3 Å². The Labute approximate surface area is 365 Å². The minimum Gasteiger partial charge on any atom is -0.475 e. The van der Waals surface area contributed by atoms with Crippen LogP contribution in [0.5, 0.6) is 0 Å². The molecule has 0 saturated carbocycles. The Bertz CT molecular complexity index is 2090. The van der Waals surface area contributed by atoms with Crippen LogP contribution in [0.2, 0.25) is 19.6 Å². The van der Waals surface area contributed by atoms with Crippen LogP contribution < -0.4 is 0 Å². The zero-order valence-electron chi connectivity index (χ0n) is 36.3. The molecule has 1 N–H and O–H groups in total. The summed E-state index contributed by atoms with van der Waals surface area (Å²) in [6.45, 7) is 18.9. The molecular weight excluding hydrogens is 889 g/mol. The average molecular weight is 941 g/mol. The van der Waals surface area contributed by atoms with E-state index < -0.39 is 61.3 Å². The van der Waals surface area contributed by atoms with Crippen molar-refractivity contribution in [1.82, 2.24) is 19.8 Å². The molecular formula is C44H52F12N4O3Si. The van der Waals surface area contributed by atoms with Crippen molar-refractivity contribution in [2.45, 2.75) is 90.0 Å². The van der Waals surface area contributed by atoms with E-state index in [2.05, 4.69) is 88.5 Å². The highest BCUT2D eigenvalue weighted by atomic mass is 28.3. The number of pyridine rings is 2. The Morgan fingerprint density at radius 1 is 0.781 bits per heavy atom. The number of benzene rings is 2. The lowest BCUT2D eigenvalue weighted by Gasteiger charge is -2.28. The molecule has 1 aliphatic heterocycles. The monoisotopic (exact) mass is 940 g/mol. The second-order valence-electron chi connectivity index (χ2n) is 16.5. The van der Waals surface area contributed by atoms with Crippen LogP contribution in [-0.2, 0) is 40.4 Å². The van der Waals surface area contributed by atoms with Crippen molar-refractivity contribution in [2.24, 2.45) is 0 Å². The third kappa shape index (κ3) is 19.5. The number of halogens is 12. The molecule has 1 atom stereocenters. The fourth-order valence-corrected chi connectivity index (χ4v) is 7.97. The largest absolute Gasteiger partial charge is 0.490 e. The molecule has 5 rings (SSSR count). The van der Waals surface area contributed by atoms with E-state index in [1.54, 1.807) is 20.1 Å². The number of likely N-dealkylation sites (tertiary alicyclic amines) is 1. The summed E-state index contributed by atoms with van der Waals surface area (Å²) in [6, 6.07) is 25.0. The van der Waals surface area contributed by atoms with Gasteiger partial charge in [0.2, 0.25) is 0 Å². The van der Waals surface area contributed by atoms with Crippen molar-refractivity contribution in [2.75, 3.05) is 33.1 Å². The van der Waals surface area contributed by atoms with Crippen molar-refractivity contribution >= 4 is 19.6 Å². The Hall–Kier alpha value is -4.79. The Morgan fingerprint density at radius 2 is 1.25 bits per heavy atom. The number of hydrogen-bond acceptors (Lipinski definition) is 6. The number of hydrogen-bond donors (Lipinski definition) is 1. The molecule has 1 aliphatic rings. The molecule has 354 valence electrons. The molecule has 1 fully saturated rings. The highest BCUT2D eigenvalue weighted by molar-refractivity contribution is 6.76. The zero-order valence-corrected chi connectivity index (χ0v) is 37.3. The lowest BCUT2D eigenvalue weighted by molar-refractivity contribution is -0.192. The third-order valence-electron chi connectivity index (χ3n) is 9.18. The molecule has 1 saturated heterocycles. The van der Waals surface area contributed by atoms with E-state index in [-0.39, 0.29) is 11.1 Å². The van der Waals surface area contributed by atoms with Crippen molar-refractivity contribution in [3.05, 3.63) is 137 Å². The maximum Gasteiger partial charge on any atom is 0.490 e. The van der Waals surface area contributed by atoms with E-state index in [1.807, 2.05) is 25.1 Å². The van der Waals surface area contributed by atoms with E-state index in [4.69, 9.17) is 14.6 Å². The third-order valence-corrected chi connectivity index (χ3v) is 10.6. The normalized spacial score (nSPS) is 15.9. The molecule has 20 heteroatoms. The van der Waals surface area contributed by atoms with Gasteiger partial charge in [0.1, 0.15) is 11.4 Å². The molecule has 7 nitrogen and oxygen atoms in total. The van der Waals surface area contributed by atoms with Gasteiger partial charge in [-0.05, 0) is 79.5 Å². The highest BCUT2D eigenvalue weighted by Crippen LogP contribution is 2.38. The molecule has 3 heterocycles. The van der Waals surface area contributed by atoms with E-state index in [9.17, 15) is 52.7 Å². The van der Waals surface area contributed by atoms with Crippen LogP contribution >= 0.6 is 0 Å². The summed E-state index contributed by atoms with van der Waals surface area (Å²) in [5.74, 6) is -2.76. The molecule has 0 bridgehead atoms. The number of carboxylic acids is 1. The maximum absolute atomic E-state index is 13.1. The fourth-order valence-electron chi connectivity index (χ4n) is 6.42. The van der Waals surface area contributed by atoms with Crippen LogP contribution in [0.4, 0.5) is 52.7 Å².